The fraction of sp³-hybridized carbons (Fsp3) is 0.800. The number of hydrogen-bond donors (Lipinski definition) is 3. The molecule has 0 aliphatic heterocycles. The number of amides is 2. The summed E-state index contributed by atoms with van der Waals surface area (Å²) in [6.45, 7) is 3.82. The SMILES string of the molecule is CCCNC(=O)CCC(=O)NCCCN.Cl. The molecule has 0 heterocycles. The third-order valence-corrected chi connectivity index (χ3v) is 1.85. The van der Waals surface area contributed by atoms with E-state index in [-0.39, 0.29) is 37.1 Å². The van der Waals surface area contributed by atoms with Gasteiger partial charge in [0, 0.05) is 25.9 Å². The van der Waals surface area contributed by atoms with Gasteiger partial charge in [0.05, 0.1) is 0 Å². The van der Waals surface area contributed by atoms with Crippen LogP contribution in [0.15, 0.2) is 0 Å². The lowest BCUT2D eigenvalue weighted by Gasteiger charge is -2.04. The zero-order valence-corrected chi connectivity index (χ0v) is 10.6. The quantitative estimate of drug-likeness (QED) is 0.538. The van der Waals surface area contributed by atoms with E-state index in [2.05, 4.69) is 10.6 Å². The number of nitrogens with two attached hydrogens (primary N) is 1. The largest absolute Gasteiger partial charge is 0.356 e. The summed E-state index contributed by atoms with van der Waals surface area (Å²) in [4.78, 5) is 22.3. The molecular formula is C10H22ClN3O2. The summed E-state index contributed by atoms with van der Waals surface area (Å²) in [5, 5.41) is 5.41. The standard InChI is InChI=1S/C10H21N3O2.ClH/c1-2-7-12-9(14)4-5-10(15)13-8-3-6-11;/h2-8,11H2,1H3,(H,12,14)(H,13,15);1H. The molecule has 5 nitrogen and oxygen atoms in total. The molecule has 0 saturated heterocycles. The minimum absolute atomic E-state index is 0. The predicted molar refractivity (Wildman–Crippen MR) is 66.5 cm³/mol. The third kappa shape index (κ3) is 11.3. The van der Waals surface area contributed by atoms with E-state index in [1.807, 2.05) is 6.92 Å². The van der Waals surface area contributed by atoms with Crippen molar-refractivity contribution in [2.45, 2.75) is 32.6 Å². The normalized spacial score (nSPS) is 9.12. The van der Waals surface area contributed by atoms with Crippen molar-refractivity contribution >= 4 is 24.2 Å². The molecule has 0 atom stereocenters. The van der Waals surface area contributed by atoms with Crippen LogP contribution in [-0.4, -0.2) is 31.4 Å². The molecule has 0 spiro atoms. The van der Waals surface area contributed by atoms with Crippen LogP contribution in [0.1, 0.15) is 32.6 Å². The van der Waals surface area contributed by atoms with Crippen molar-refractivity contribution in [3.63, 3.8) is 0 Å². The highest BCUT2D eigenvalue weighted by Crippen LogP contribution is 1.89. The Morgan fingerprint density at radius 3 is 2.00 bits per heavy atom. The Balaban J connectivity index is 0. The van der Waals surface area contributed by atoms with E-state index in [0.29, 0.717) is 19.6 Å². The lowest BCUT2D eigenvalue weighted by Crippen LogP contribution is -2.29. The summed E-state index contributed by atoms with van der Waals surface area (Å²) in [5.74, 6) is -0.152. The van der Waals surface area contributed by atoms with Gasteiger partial charge >= 0.3 is 0 Å². The van der Waals surface area contributed by atoms with Crippen LogP contribution in [0.4, 0.5) is 0 Å². The molecule has 4 N–H and O–H groups in total. The van der Waals surface area contributed by atoms with Crippen LogP contribution in [0.5, 0.6) is 0 Å². The topological polar surface area (TPSA) is 84.2 Å². The molecule has 6 heteroatoms. The molecule has 0 aromatic rings. The van der Waals surface area contributed by atoms with Gasteiger partial charge in [0.1, 0.15) is 0 Å². The fourth-order valence-electron chi connectivity index (χ4n) is 0.998. The van der Waals surface area contributed by atoms with E-state index < -0.39 is 0 Å². The summed E-state index contributed by atoms with van der Waals surface area (Å²) < 4.78 is 0. The maximum Gasteiger partial charge on any atom is 0.220 e. The Bertz CT molecular complexity index is 201. The number of rotatable bonds is 8. The van der Waals surface area contributed by atoms with Crippen LogP contribution in [0.3, 0.4) is 0 Å². The van der Waals surface area contributed by atoms with Crippen LogP contribution >= 0.6 is 12.4 Å². The summed E-state index contributed by atoms with van der Waals surface area (Å²) in [6.07, 6.45) is 2.19. The van der Waals surface area contributed by atoms with Gasteiger partial charge in [0.15, 0.2) is 0 Å². The van der Waals surface area contributed by atoms with Gasteiger partial charge < -0.3 is 16.4 Å². The van der Waals surface area contributed by atoms with Crippen molar-refractivity contribution in [3.8, 4) is 0 Å². The molecule has 0 bridgehead atoms. The van der Waals surface area contributed by atoms with E-state index in [4.69, 9.17) is 5.73 Å². The molecule has 2 amide bonds. The first-order chi connectivity index (χ1) is 7.20. The maximum atomic E-state index is 11.2. The molecule has 0 aromatic heterocycles. The molecule has 16 heavy (non-hydrogen) atoms. The average Bonchev–Trinajstić information content (AvgIpc) is 2.24. The Morgan fingerprint density at radius 2 is 1.56 bits per heavy atom. The highest BCUT2D eigenvalue weighted by Gasteiger charge is 2.05. The Hall–Kier alpha value is -0.810. The first-order valence-electron chi connectivity index (χ1n) is 5.44. The molecule has 0 fully saturated rings. The fourth-order valence-corrected chi connectivity index (χ4v) is 0.998. The number of carbonyl (C=O) groups excluding carboxylic acids is 2. The number of hydrogen-bond acceptors (Lipinski definition) is 3. The van der Waals surface area contributed by atoms with E-state index in [1.165, 1.54) is 0 Å². The average molecular weight is 252 g/mol. The van der Waals surface area contributed by atoms with Gasteiger partial charge in [-0.25, -0.2) is 0 Å². The van der Waals surface area contributed by atoms with E-state index >= 15 is 0 Å². The first kappa shape index (κ1) is 17.6. The van der Waals surface area contributed by atoms with Crippen LogP contribution in [0.25, 0.3) is 0 Å². The minimum atomic E-state index is -0.0879. The second kappa shape index (κ2) is 12.3. The van der Waals surface area contributed by atoms with Crippen LogP contribution in [0, 0.1) is 0 Å². The summed E-state index contributed by atoms with van der Waals surface area (Å²) >= 11 is 0. The third-order valence-electron chi connectivity index (χ3n) is 1.85. The van der Waals surface area contributed by atoms with Gasteiger partial charge in [-0.15, -0.1) is 12.4 Å². The van der Waals surface area contributed by atoms with Crippen LogP contribution in [-0.2, 0) is 9.59 Å². The van der Waals surface area contributed by atoms with Gasteiger partial charge in [0.25, 0.3) is 0 Å². The zero-order chi connectivity index (χ0) is 11.5. The Morgan fingerprint density at radius 1 is 1.06 bits per heavy atom. The summed E-state index contributed by atoms with van der Waals surface area (Å²) in [5.41, 5.74) is 5.28. The van der Waals surface area contributed by atoms with Crippen LogP contribution < -0.4 is 16.4 Å². The predicted octanol–water partition coefficient (Wildman–Crippen LogP) is 0.180. The molecule has 0 saturated carbocycles. The maximum absolute atomic E-state index is 11.2. The van der Waals surface area contributed by atoms with Crippen LogP contribution in [0.2, 0.25) is 0 Å². The lowest BCUT2D eigenvalue weighted by atomic mass is 10.2. The van der Waals surface area contributed by atoms with Crippen molar-refractivity contribution in [1.82, 2.24) is 10.6 Å². The molecule has 0 unspecified atom stereocenters. The molecule has 96 valence electrons. The number of halogens is 1. The van der Waals surface area contributed by atoms with Crippen molar-refractivity contribution in [3.05, 3.63) is 0 Å². The van der Waals surface area contributed by atoms with E-state index in [1.54, 1.807) is 0 Å². The minimum Gasteiger partial charge on any atom is -0.356 e. The van der Waals surface area contributed by atoms with Crippen molar-refractivity contribution in [1.29, 1.82) is 0 Å². The molecular weight excluding hydrogens is 230 g/mol. The second-order valence-electron chi connectivity index (χ2n) is 3.34. The van der Waals surface area contributed by atoms with E-state index in [0.717, 1.165) is 12.8 Å². The Kier molecular flexibility index (Phi) is 13.5. The molecule has 0 aromatic carbocycles. The van der Waals surface area contributed by atoms with Gasteiger partial charge in [-0.2, -0.15) is 0 Å². The monoisotopic (exact) mass is 251 g/mol. The second-order valence-corrected chi connectivity index (χ2v) is 3.34. The van der Waals surface area contributed by atoms with Crippen molar-refractivity contribution in [2.24, 2.45) is 5.73 Å². The highest BCUT2D eigenvalue weighted by atomic mass is 35.5. The molecule has 0 aliphatic carbocycles. The summed E-state index contributed by atoms with van der Waals surface area (Å²) in [6, 6.07) is 0. The molecule has 0 rings (SSSR count). The van der Waals surface area contributed by atoms with Gasteiger partial charge in [-0.05, 0) is 19.4 Å². The van der Waals surface area contributed by atoms with Crippen molar-refractivity contribution < 1.29 is 9.59 Å². The number of carbonyl (C=O) groups is 2. The zero-order valence-electron chi connectivity index (χ0n) is 9.75. The van der Waals surface area contributed by atoms with Gasteiger partial charge in [0.2, 0.25) is 11.8 Å². The van der Waals surface area contributed by atoms with Crippen molar-refractivity contribution in [2.75, 3.05) is 19.6 Å². The first-order valence-corrected chi connectivity index (χ1v) is 5.44. The van der Waals surface area contributed by atoms with E-state index in [9.17, 15) is 9.59 Å². The molecule has 0 radical (unpaired) electrons. The highest BCUT2D eigenvalue weighted by molar-refractivity contribution is 5.85. The van der Waals surface area contributed by atoms with Gasteiger partial charge in [-0.3, -0.25) is 9.59 Å². The smallest absolute Gasteiger partial charge is 0.220 e. The molecule has 0 aliphatic rings. The lowest BCUT2D eigenvalue weighted by molar-refractivity contribution is -0.126. The Labute approximate surface area is 103 Å². The van der Waals surface area contributed by atoms with Gasteiger partial charge in [-0.1, -0.05) is 6.92 Å². The number of nitrogens with one attached hydrogen (secondary N) is 2. The summed E-state index contributed by atoms with van der Waals surface area (Å²) in [7, 11) is 0.